The van der Waals surface area contributed by atoms with Crippen LogP contribution in [0.3, 0.4) is 0 Å². The molecule has 6 heteroatoms. The van der Waals surface area contributed by atoms with Gasteiger partial charge in [-0.1, -0.05) is 0 Å². The zero-order chi connectivity index (χ0) is 16.9. The van der Waals surface area contributed by atoms with E-state index in [-0.39, 0.29) is 6.04 Å². The van der Waals surface area contributed by atoms with Crippen LogP contribution in [-0.4, -0.2) is 48.7 Å². The fourth-order valence-corrected chi connectivity index (χ4v) is 3.18. The number of hydrogen-bond donors (Lipinski definition) is 2. The van der Waals surface area contributed by atoms with E-state index in [1.165, 1.54) is 11.1 Å². The maximum atomic E-state index is 5.43. The number of aromatic nitrogens is 2. The summed E-state index contributed by atoms with van der Waals surface area (Å²) in [6.07, 6.45) is 4.69. The van der Waals surface area contributed by atoms with Gasteiger partial charge in [0.1, 0.15) is 5.82 Å². The normalized spacial score (nSPS) is 15.8. The Hall–Kier alpha value is -2.05. The van der Waals surface area contributed by atoms with Crippen LogP contribution in [0.4, 0.5) is 0 Å². The molecule has 0 saturated heterocycles. The minimum absolute atomic E-state index is 0.237. The molecule has 0 fully saturated rings. The molecule has 1 aliphatic rings. The van der Waals surface area contributed by atoms with Crippen molar-refractivity contribution in [2.45, 2.75) is 25.9 Å². The van der Waals surface area contributed by atoms with Gasteiger partial charge in [0.15, 0.2) is 11.5 Å². The highest BCUT2D eigenvalue weighted by Gasteiger charge is 2.19. The van der Waals surface area contributed by atoms with Crippen molar-refractivity contribution in [2.24, 2.45) is 0 Å². The van der Waals surface area contributed by atoms with Gasteiger partial charge in [-0.15, -0.1) is 0 Å². The molecule has 0 radical (unpaired) electrons. The van der Waals surface area contributed by atoms with Gasteiger partial charge in [0.05, 0.1) is 20.3 Å². The number of nitrogens with one attached hydrogen (secondary N) is 2. The fraction of sp³-hybridized carbons (Fsp3) is 0.500. The van der Waals surface area contributed by atoms with E-state index in [0.29, 0.717) is 0 Å². The Morgan fingerprint density at radius 1 is 1.25 bits per heavy atom. The van der Waals surface area contributed by atoms with Gasteiger partial charge in [0, 0.05) is 38.6 Å². The lowest BCUT2D eigenvalue weighted by Crippen LogP contribution is -2.36. The van der Waals surface area contributed by atoms with Crippen molar-refractivity contribution in [3.05, 3.63) is 41.5 Å². The highest BCUT2D eigenvalue weighted by Crippen LogP contribution is 2.33. The molecule has 0 aliphatic carbocycles. The number of methoxy groups -OCH3 is 2. The Morgan fingerprint density at radius 3 is 2.67 bits per heavy atom. The smallest absolute Gasteiger partial charge is 0.161 e. The zero-order valence-corrected chi connectivity index (χ0v) is 14.6. The van der Waals surface area contributed by atoms with Crippen molar-refractivity contribution in [1.29, 1.82) is 0 Å². The number of hydrogen-bond acceptors (Lipinski definition) is 5. The van der Waals surface area contributed by atoms with Crippen molar-refractivity contribution < 1.29 is 9.47 Å². The summed E-state index contributed by atoms with van der Waals surface area (Å²) in [6, 6.07) is 4.46. The lowest BCUT2D eigenvalue weighted by Gasteiger charge is -2.30. The molecule has 0 amide bonds. The van der Waals surface area contributed by atoms with Crippen LogP contribution in [-0.2, 0) is 13.0 Å². The average Bonchev–Trinajstić information content (AvgIpc) is 3.15. The van der Waals surface area contributed by atoms with Crippen molar-refractivity contribution in [2.75, 3.05) is 33.9 Å². The van der Waals surface area contributed by atoms with E-state index in [1.54, 1.807) is 20.4 Å². The fourth-order valence-electron chi connectivity index (χ4n) is 3.18. The van der Waals surface area contributed by atoms with E-state index in [2.05, 4.69) is 39.2 Å². The highest BCUT2D eigenvalue weighted by molar-refractivity contribution is 5.48. The molecular weight excluding hydrogens is 304 g/mol. The molecule has 130 valence electrons. The maximum absolute atomic E-state index is 5.43. The summed E-state index contributed by atoms with van der Waals surface area (Å²) in [5.74, 6) is 2.61. The molecule has 3 rings (SSSR count). The highest BCUT2D eigenvalue weighted by atomic mass is 16.5. The molecule has 1 aliphatic heterocycles. The van der Waals surface area contributed by atoms with Crippen molar-refractivity contribution >= 4 is 0 Å². The second-order valence-electron chi connectivity index (χ2n) is 6.15. The molecule has 1 aromatic carbocycles. The van der Waals surface area contributed by atoms with Crippen molar-refractivity contribution in [3.63, 3.8) is 0 Å². The Labute approximate surface area is 143 Å². The second-order valence-corrected chi connectivity index (χ2v) is 6.15. The van der Waals surface area contributed by atoms with Crippen LogP contribution >= 0.6 is 0 Å². The summed E-state index contributed by atoms with van der Waals surface area (Å²) >= 11 is 0. The summed E-state index contributed by atoms with van der Waals surface area (Å²) in [4.78, 5) is 9.91. The molecule has 1 aromatic heterocycles. The Kier molecular flexibility index (Phi) is 5.37. The minimum atomic E-state index is 0.237. The quantitative estimate of drug-likeness (QED) is 0.814. The van der Waals surface area contributed by atoms with Crippen molar-refractivity contribution in [3.8, 4) is 11.5 Å². The zero-order valence-electron chi connectivity index (χ0n) is 14.6. The number of ether oxygens (including phenoxy) is 2. The summed E-state index contributed by atoms with van der Waals surface area (Å²) in [5.41, 5.74) is 2.69. The van der Waals surface area contributed by atoms with Crippen LogP contribution < -0.4 is 14.8 Å². The van der Waals surface area contributed by atoms with E-state index in [1.807, 2.05) is 6.20 Å². The van der Waals surface area contributed by atoms with Gasteiger partial charge in [-0.05, 0) is 36.6 Å². The van der Waals surface area contributed by atoms with E-state index < -0.39 is 0 Å². The van der Waals surface area contributed by atoms with Crippen LogP contribution in [0.5, 0.6) is 11.5 Å². The van der Waals surface area contributed by atoms with Gasteiger partial charge in [0.25, 0.3) is 0 Å². The van der Waals surface area contributed by atoms with Gasteiger partial charge >= 0.3 is 0 Å². The number of benzene rings is 1. The first-order valence-electron chi connectivity index (χ1n) is 8.40. The van der Waals surface area contributed by atoms with Gasteiger partial charge < -0.3 is 19.8 Å². The standard InChI is InChI=1S/C18H26N4O2/c1-13(18-20-5-6-21-18)19-7-9-22-8-4-14-10-16(23-2)17(24-3)11-15(14)12-22/h5-6,10-11,13,19H,4,7-9,12H2,1-3H3,(H,20,21). The molecule has 2 heterocycles. The van der Waals surface area contributed by atoms with Gasteiger partial charge in [-0.25, -0.2) is 4.98 Å². The minimum Gasteiger partial charge on any atom is -0.493 e. The molecule has 2 aromatic rings. The van der Waals surface area contributed by atoms with E-state index in [4.69, 9.17) is 9.47 Å². The molecule has 0 saturated carbocycles. The summed E-state index contributed by atoms with van der Waals surface area (Å²) in [5, 5.41) is 3.52. The van der Waals surface area contributed by atoms with E-state index in [0.717, 1.165) is 49.9 Å². The number of imidazole rings is 1. The third kappa shape index (κ3) is 3.71. The van der Waals surface area contributed by atoms with Crippen molar-refractivity contribution in [1.82, 2.24) is 20.2 Å². The molecule has 1 unspecified atom stereocenters. The molecular formula is C18H26N4O2. The van der Waals surface area contributed by atoms with Gasteiger partial charge in [-0.2, -0.15) is 0 Å². The topological polar surface area (TPSA) is 62.4 Å². The SMILES string of the molecule is COc1cc2c(cc1OC)CN(CCNC(C)c1ncc[nH]1)CC2. The van der Waals surface area contributed by atoms with Crippen LogP contribution in [0.2, 0.25) is 0 Å². The first-order valence-corrected chi connectivity index (χ1v) is 8.40. The molecule has 1 atom stereocenters. The number of rotatable bonds is 7. The van der Waals surface area contributed by atoms with Crippen LogP contribution in [0.1, 0.15) is 29.9 Å². The first kappa shape index (κ1) is 16.8. The number of fused-ring (bicyclic) bond motifs is 1. The van der Waals surface area contributed by atoms with E-state index >= 15 is 0 Å². The Bertz CT molecular complexity index is 657. The predicted molar refractivity (Wildman–Crippen MR) is 93.5 cm³/mol. The Morgan fingerprint density at radius 2 is 2.00 bits per heavy atom. The third-order valence-electron chi connectivity index (χ3n) is 4.61. The molecule has 0 spiro atoms. The monoisotopic (exact) mass is 330 g/mol. The summed E-state index contributed by atoms with van der Waals surface area (Å²) in [7, 11) is 3.37. The third-order valence-corrected chi connectivity index (χ3v) is 4.61. The maximum Gasteiger partial charge on any atom is 0.161 e. The molecule has 0 bridgehead atoms. The van der Waals surface area contributed by atoms with E-state index in [9.17, 15) is 0 Å². The number of nitrogens with zero attached hydrogens (tertiary/aromatic N) is 2. The lowest BCUT2D eigenvalue weighted by atomic mass is 9.99. The molecule has 6 nitrogen and oxygen atoms in total. The summed E-state index contributed by atoms with van der Waals surface area (Å²) in [6.45, 7) is 6.09. The first-order chi connectivity index (χ1) is 11.7. The Balaban J connectivity index is 1.55. The molecule has 2 N–H and O–H groups in total. The lowest BCUT2D eigenvalue weighted by molar-refractivity contribution is 0.249. The van der Waals surface area contributed by atoms with Crippen LogP contribution in [0.15, 0.2) is 24.5 Å². The predicted octanol–water partition coefficient (Wildman–Crippen LogP) is 2.14. The number of aromatic amines is 1. The largest absolute Gasteiger partial charge is 0.493 e. The second kappa shape index (κ2) is 7.68. The number of H-pyrrole nitrogens is 1. The van der Waals surface area contributed by atoms with Crippen LogP contribution in [0.25, 0.3) is 0 Å². The average molecular weight is 330 g/mol. The van der Waals surface area contributed by atoms with Gasteiger partial charge in [0.2, 0.25) is 0 Å². The summed E-state index contributed by atoms with van der Waals surface area (Å²) < 4.78 is 10.8. The van der Waals surface area contributed by atoms with Crippen LogP contribution in [0, 0.1) is 0 Å². The molecule has 24 heavy (non-hydrogen) atoms. The van der Waals surface area contributed by atoms with Gasteiger partial charge in [-0.3, -0.25) is 4.90 Å².